The van der Waals surface area contributed by atoms with E-state index in [4.69, 9.17) is 21.1 Å². The SMILES string of the molecule is COc1cc(/C=C(/C#N)C(=O)Nc2cccc(C)c2C)ccc1OCC(=O)Nc1ccccc1Cl. The van der Waals surface area contributed by atoms with E-state index in [1.807, 2.05) is 32.0 Å². The summed E-state index contributed by atoms with van der Waals surface area (Å²) in [4.78, 5) is 24.9. The molecule has 3 aromatic carbocycles. The minimum Gasteiger partial charge on any atom is -0.493 e. The van der Waals surface area contributed by atoms with Crippen LogP contribution in [-0.4, -0.2) is 25.5 Å². The molecule has 0 aliphatic carbocycles. The Bertz CT molecular complexity index is 1330. The van der Waals surface area contributed by atoms with E-state index in [2.05, 4.69) is 10.6 Å². The first-order chi connectivity index (χ1) is 16.8. The average Bonchev–Trinajstić information content (AvgIpc) is 2.85. The number of amides is 2. The molecule has 0 unspecified atom stereocenters. The highest BCUT2D eigenvalue weighted by atomic mass is 35.5. The molecular weight excluding hydrogens is 466 g/mol. The van der Waals surface area contributed by atoms with E-state index in [0.717, 1.165) is 11.1 Å². The van der Waals surface area contributed by atoms with Gasteiger partial charge in [0.1, 0.15) is 11.6 Å². The lowest BCUT2D eigenvalue weighted by Gasteiger charge is -2.12. The van der Waals surface area contributed by atoms with Crippen molar-refractivity contribution in [2.75, 3.05) is 24.4 Å². The Morgan fingerprint density at radius 2 is 1.74 bits per heavy atom. The van der Waals surface area contributed by atoms with Crippen LogP contribution < -0.4 is 20.1 Å². The van der Waals surface area contributed by atoms with Crippen molar-refractivity contribution in [3.8, 4) is 17.6 Å². The highest BCUT2D eigenvalue weighted by molar-refractivity contribution is 6.33. The van der Waals surface area contributed by atoms with E-state index < -0.39 is 5.91 Å². The fraction of sp³-hybridized carbons (Fsp3) is 0.148. The number of nitriles is 1. The predicted molar refractivity (Wildman–Crippen MR) is 137 cm³/mol. The number of methoxy groups -OCH3 is 1. The summed E-state index contributed by atoms with van der Waals surface area (Å²) in [5, 5.41) is 15.4. The molecule has 3 aromatic rings. The maximum atomic E-state index is 12.7. The molecular formula is C27H24ClN3O4. The lowest BCUT2D eigenvalue weighted by molar-refractivity contribution is -0.118. The van der Waals surface area contributed by atoms with Crippen molar-refractivity contribution in [1.29, 1.82) is 5.26 Å². The number of hydrogen-bond donors (Lipinski definition) is 2. The summed E-state index contributed by atoms with van der Waals surface area (Å²) in [7, 11) is 1.46. The van der Waals surface area contributed by atoms with Crippen molar-refractivity contribution in [2.45, 2.75) is 13.8 Å². The Hall–Kier alpha value is -4.28. The first-order valence-corrected chi connectivity index (χ1v) is 11.0. The van der Waals surface area contributed by atoms with Crippen molar-refractivity contribution in [3.05, 3.63) is 87.9 Å². The van der Waals surface area contributed by atoms with E-state index in [-0.39, 0.29) is 18.1 Å². The van der Waals surface area contributed by atoms with Gasteiger partial charge in [0.15, 0.2) is 18.1 Å². The molecule has 0 aliphatic rings. The monoisotopic (exact) mass is 489 g/mol. The molecule has 0 radical (unpaired) electrons. The Morgan fingerprint density at radius 1 is 1.00 bits per heavy atom. The van der Waals surface area contributed by atoms with Gasteiger partial charge in [0, 0.05) is 5.69 Å². The second-order valence-electron chi connectivity index (χ2n) is 7.60. The molecule has 35 heavy (non-hydrogen) atoms. The molecule has 2 N–H and O–H groups in total. The highest BCUT2D eigenvalue weighted by Gasteiger charge is 2.14. The summed E-state index contributed by atoms with van der Waals surface area (Å²) < 4.78 is 11.0. The number of para-hydroxylation sites is 1. The van der Waals surface area contributed by atoms with Crippen LogP contribution in [0.1, 0.15) is 16.7 Å². The molecule has 2 amide bonds. The van der Waals surface area contributed by atoms with Gasteiger partial charge in [-0.3, -0.25) is 9.59 Å². The van der Waals surface area contributed by atoms with Crippen LogP contribution in [0.25, 0.3) is 6.08 Å². The molecule has 0 saturated heterocycles. The number of carbonyl (C=O) groups is 2. The summed E-state index contributed by atoms with van der Waals surface area (Å²) in [5.41, 5.74) is 3.58. The first kappa shape index (κ1) is 25.3. The quantitative estimate of drug-likeness (QED) is 0.320. The van der Waals surface area contributed by atoms with Crippen LogP contribution in [0.5, 0.6) is 11.5 Å². The zero-order valence-electron chi connectivity index (χ0n) is 19.5. The maximum Gasteiger partial charge on any atom is 0.266 e. The predicted octanol–water partition coefficient (Wildman–Crippen LogP) is 5.53. The Balaban J connectivity index is 1.70. The molecule has 0 bridgehead atoms. The summed E-state index contributed by atoms with van der Waals surface area (Å²) in [6, 6.07) is 19.3. The van der Waals surface area contributed by atoms with Gasteiger partial charge in [0.05, 0.1) is 17.8 Å². The lowest BCUT2D eigenvalue weighted by Crippen LogP contribution is -2.20. The van der Waals surface area contributed by atoms with Gasteiger partial charge in [-0.25, -0.2) is 0 Å². The van der Waals surface area contributed by atoms with Gasteiger partial charge in [-0.2, -0.15) is 5.26 Å². The summed E-state index contributed by atoms with van der Waals surface area (Å²) in [5.74, 6) is -0.232. The number of ether oxygens (including phenoxy) is 2. The number of aryl methyl sites for hydroxylation is 1. The highest BCUT2D eigenvalue weighted by Crippen LogP contribution is 2.29. The lowest BCUT2D eigenvalue weighted by atomic mass is 10.1. The van der Waals surface area contributed by atoms with E-state index >= 15 is 0 Å². The van der Waals surface area contributed by atoms with Gasteiger partial charge >= 0.3 is 0 Å². The molecule has 0 fully saturated rings. The zero-order chi connectivity index (χ0) is 25.4. The topological polar surface area (TPSA) is 100 Å². The normalized spacial score (nSPS) is 10.8. The van der Waals surface area contributed by atoms with E-state index in [9.17, 15) is 14.9 Å². The Kier molecular flexibility index (Phi) is 8.49. The van der Waals surface area contributed by atoms with Gasteiger partial charge in [-0.1, -0.05) is 41.9 Å². The number of carbonyl (C=O) groups excluding carboxylic acids is 2. The van der Waals surface area contributed by atoms with Crippen LogP contribution in [0.2, 0.25) is 5.02 Å². The smallest absolute Gasteiger partial charge is 0.266 e. The zero-order valence-corrected chi connectivity index (χ0v) is 20.3. The number of benzene rings is 3. The molecule has 0 spiro atoms. The minimum atomic E-state index is -0.517. The maximum absolute atomic E-state index is 12.7. The molecule has 8 heteroatoms. The van der Waals surface area contributed by atoms with Gasteiger partial charge in [-0.15, -0.1) is 0 Å². The van der Waals surface area contributed by atoms with E-state index in [1.165, 1.54) is 13.2 Å². The largest absolute Gasteiger partial charge is 0.493 e. The van der Waals surface area contributed by atoms with Gasteiger partial charge < -0.3 is 20.1 Å². The van der Waals surface area contributed by atoms with Crippen molar-refractivity contribution < 1.29 is 19.1 Å². The number of rotatable bonds is 8. The van der Waals surface area contributed by atoms with Gasteiger partial charge in [-0.05, 0) is 66.9 Å². The number of nitrogens with zero attached hydrogens (tertiary/aromatic N) is 1. The van der Waals surface area contributed by atoms with Crippen LogP contribution in [0.3, 0.4) is 0 Å². The number of nitrogens with one attached hydrogen (secondary N) is 2. The molecule has 0 saturated carbocycles. The standard InChI is InChI=1S/C27H24ClN3O4/c1-17-7-6-10-22(18(17)2)31-27(33)20(15-29)13-19-11-12-24(25(14-19)34-3)35-16-26(32)30-23-9-5-4-8-21(23)28/h4-14H,16H2,1-3H3,(H,30,32)(H,31,33)/b20-13-. The number of anilines is 2. The molecule has 178 valence electrons. The Labute approximate surface area is 208 Å². The summed E-state index contributed by atoms with van der Waals surface area (Å²) in [6.07, 6.45) is 1.46. The van der Waals surface area contributed by atoms with E-state index in [0.29, 0.717) is 33.5 Å². The Morgan fingerprint density at radius 3 is 2.46 bits per heavy atom. The fourth-order valence-electron chi connectivity index (χ4n) is 3.18. The van der Waals surface area contributed by atoms with Crippen molar-refractivity contribution in [1.82, 2.24) is 0 Å². The molecule has 0 aromatic heterocycles. The molecule has 3 rings (SSSR count). The molecule has 0 heterocycles. The van der Waals surface area contributed by atoms with Crippen molar-refractivity contribution in [3.63, 3.8) is 0 Å². The minimum absolute atomic E-state index is 0.0688. The van der Waals surface area contributed by atoms with Crippen molar-refractivity contribution >= 4 is 40.9 Å². The van der Waals surface area contributed by atoms with Gasteiger partial charge in [0.2, 0.25) is 0 Å². The number of hydrogen-bond acceptors (Lipinski definition) is 5. The van der Waals surface area contributed by atoms with E-state index in [1.54, 1.807) is 48.5 Å². The van der Waals surface area contributed by atoms with Crippen LogP contribution in [0.4, 0.5) is 11.4 Å². The fourth-order valence-corrected chi connectivity index (χ4v) is 3.36. The third-order valence-corrected chi connectivity index (χ3v) is 5.55. The molecule has 0 aliphatic heterocycles. The summed E-state index contributed by atoms with van der Waals surface area (Å²) >= 11 is 6.05. The number of halogens is 1. The molecule has 0 atom stereocenters. The van der Waals surface area contributed by atoms with Crippen LogP contribution >= 0.6 is 11.6 Å². The van der Waals surface area contributed by atoms with Crippen molar-refractivity contribution in [2.24, 2.45) is 0 Å². The molecule has 7 nitrogen and oxygen atoms in total. The third-order valence-electron chi connectivity index (χ3n) is 5.22. The second kappa shape index (κ2) is 11.7. The van der Waals surface area contributed by atoms with Crippen LogP contribution in [0, 0.1) is 25.2 Å². The van der Waals surface area contributed by atoms with Gasteiger partial charge in [0.25, 0.3) is 11.8 Å². The first-order valence-electron chi connectivity index (χ1n) is 10.7. The van der Waals surface area contributed by atoms with Crippen LogP contribution in [-0.2, 0) is 9.59 Å². The van der Waals surface area contributed by atoms with Crippen LogP contribution in [0.15, 0.2) is 66.2 Å². The average molecular weight is 490 g/mol. The summed E-state index contributed by atoms with van der Waals surface area (Å²) in [6.45, 7) is 3.58. The third kappa shape index (κ3) is 6.62. The second-order valence-corrected chi connectivity index (χ2v) is 8.01.